The summed E-state index contributed by atoms with van der Waals surface area (Å²) >= 11 is 1.58. The molecule has 0 saturated carbocycles. The predicted octanol–water partition coefficient (Wildman–Crippen LogP) is 4.03. The molecule has 0 aliphatic rings. The molecule has 0 spiro atoms. The van der Waals surface area contributed by atoms with Crippen LogP contribution in [0.3, 0.4) is 0 Å². The molecule has 0 saturated heterocycles. The molecule has 3 rings (SSSR count). The van der Waals surface area contributed by atoms with Crippen LogP contribution in [0.1, 0.15) is 16.7 Å². The first-order chi connectivity index (χ1) is 12.8. The van der Waals surface area contributed by atoms with Crippen molar-refractivity contribution in [2.45, 2.75) is 29.7 Å². The van der Waals surface area contributed by atoms with Crippen molar-refractivity contribution in [1.82, 2.24) is 13.9 Å². The van der Waals surface area contributed by atoms with Gasteiger partial charge >= 0.3 is 0 Å². The molecule has 0 aliphatic carbocycles. The van der Waals surface area contributed by atoms with Crippen molar-refractivity contribution in [3.8, 4) is 5.69 Å². The minimum Gasteiger partial charge on any atom is -0.295 e. The van der Waals surface area contributed by atoms with Gasteiger partial charge in [0.1, 0.15) is 0 Å². The zero-order valence-corrected chi connectivity index (χ0v) is 17.5. The van der Waals surface area contributed by atoms with E-state index in [2.05, 4.69) is 41.6 Å². The second-order valence-electron chi connectivity index (χ2n) is 6.57. The zero-order chi connectivity index (χ0) is 19.6. The molecule has 5 nitrogen and oxygen atoms in total. The Hall–Kier alpha value is -2.09. The van der Waals surface area contributed by atoms with E-state index in [0.717, 1.165) is 16.4 Å². The van der Waals surface area contributed by atoms with Crippen molar-refractivity contribution in [2.75, 3.05) is 14.1 Å². The molecule has 7 heteroatoms. The molecule has 0 atom stereocenters. The summed E-state index contributed by atoms with van der Waals surface area (Å²) in [5, 5.41) is 0.874. The molecule has 2 aromatic carbocycles. The van der Waals surface area contributed by atoms with E-state index in [1.165, 1.54) is 29.5 Å². The number of hydrogen-bond acceptors (Lipinski definition) is 4. The van der Waals surface area contributed by atoms with Crippen molar-refractivity contribution in [1.29, 1.82) is 0 Å². The highest BCUT2D eigenvalue weighted by molar-refractivity contribution is 7.98. The highest BCUT2D eigenvalue weighted by Gasteiger charge is 2.17. The van der Waals surface area contributed by atoms with E-state index in [0.29, 0.717) is 10.6 Å². The van der Waals surface area contributed by atoms with E-state index in [4.69, 9.17) is 0 Å². The monoisotopic (exact) mass is 401 g/mol. The van der Waals surface area contributed by atoms with Crippen LogP contribution in [-0.2, 0) is 15.8 Å². The van der Waals surface area contributed by atoms with Crippen LogP contribution in [0.4, 0.5) is 0 Å². The standard InChI is InChI=1S/C20H23N3O2S2/c1-15-8-9-18(12-16(15)2)23-11-10-21-20(23)26-14-17-6-5-7-19(13-17)27(24,25)22(3)4/h5-13H,14H2,1-4H3. The molecular weight excluding hydrogens is 378 g/mol. The van der Waals surface area contributed by atoms with Gasteiger partial charge in [-0.05, 0) is 54.8 Å². The Bertz CT molecular complexity index is 1060. The van der Waals surface area contributed by atoms with Crippen LogP contribution in [0.25, 0.3) is 5.69 Å². The number of nitrogens with zero attached hydrogens (tertiary/aromatic N) is 3. The van der Waals surface area contributed by atoms with Gasteiger partial charge < -0.3 is 0 Å². The number of hydrogen-bond donors (Lipinski definition) is 0. The van der Waals surface area contributed by atoms with Crippen molar-refractivity contribution >= 4 is 21.8 Å². The Kier molecular flexibility index (Phi) is 5.74. The third kappa shape index (κ3) is 4.26. The molecule has 0 fully saturated rings. The SMILES string of the molecule is Cc1ccc(-n2ccnc2SCc2cccc(S(=O)(=O)N(C)C)c2)cc1C. The highest BCUT2D eigenvalue weighted by Crippen LogP contribution is 2.26. The Morgan fingerprint density at radius 1 is 1.07 bits per heavy atom. The Morgan fingerprint density at radius 3 is 2.56 bits per heavy atom. The van der Waals surface area contributed by atoms with Gasteiger partial charge in [0.25, 0.3) is 0 Å². The van der Waals surface area contributed by atoms with Crippen molar-refractivity contribution in [3.63, 3.8) is 0 Å². The van der Waals surface area contributed by atoms with Crippen molar-refractivity contribution in [3.05, 3.63) is 71.5 Å². The summed E-state index contributed by atoms with van der Waals surface area (Å²) in [4.78, 5) is 4.77. The lowest BCUT2D eigenvalue weighted by Crippen LogP contribution is -2.22. The van der Waals surface area contributed by atoms with Crippen molar-refractivity contribution in [2.24, 2.45) is 0 Å². The molecule has 142 valence electrons. The molecule has 1 aromatic heterocycles. The van der Waals surface area contributed by atoms with E-state index in [1.807, 2.05) is 12.3 Å². The number of aromatic nitrogens is 2. The van der Waals surface area contributed by atoms with E-state index >= 15 is 0 Å². The minimum atomic E-state index is -3.43. The maximum Gasteiger partial charge on any atom is 0.242 e. The number of sulfonamides is 1. The van der Waals surface area contributed by atoms with Crippen LogP contribution < -0.4 is 0 Å². The normalized spacial score (nSPS) is 11.9. The topological polar surface area (TPSA) is 55.2 Å². The van der Waals surface area contributed by atoms with E-state index in [1.54, 1.807) is 36.2 Å². The molecular formula is C20H23N3O2S2. The molecule has 27 heavy (non-hydrogen) atoms. The third-order valence-corrected chi connectivity index (χ3v) is 7.27. The fraction of sp³-hybridized carbons (Fsp3) is 0.250. The Morgan fingerprint density at radius 2 is 1.85 bits per heavy atom. The number of imidazole rings is 1. The average Bonchev–Trinajstić information content (AvgIpc) is 3.11. The number of thioether (sulfide) groups is 1. The Labute approximate surface area is 165 Å². The van der Waals surface area contributed by atoms with Gasteiger partial charge in [-0.3, -0.25) is 4.57 Å². The molecule has 0 unspecified atom stereocenters. The smallest absolute Gasteiger partial charge is 0.242 e. The number of aryl methyl sites for hydroxylation is 2. The summed E-state index contributed by atoms with van der Waals surface area (Å²) in [5.74, 6) is 0.638. The zero-order valence-electron chi connectivity index (χ0n) is 15.9. The summed E-state index contributed by atoms with van der Waals surface area (Å²) in [6, 6.07) is 13.4. The average molecular weight is 402 g/mol. The van der Waals surface area contributed by atoms with Gasteiger partial charge in [0, 0.05) is 37.9 Å². The number of benzene rings is 2. The van der Waals surface area contributed by atoms with Gasteiger partial charge in [0.05, 0.1) is 4.90 Å². The van der Waals surface area contributed by atoms with Crippen LogP contribution in [0.2, 0.25) is 0 Å². The van der Waals surface area contributed by atoms with Crippen LogP contribution in [0, 0.1) is 13.8 Å². The summed E-state index contributed by atoms with van der Waals surface area (Å²) in [7, 11) is -0.351. The fourth-order valence-corrected chi connectivity index (χ4v) is 4.51. The molecule has 0 N–H and O–H groups in total. The molecule has 1 heterocycles. The summed E-state index contributed by atoms with van der Waals surface area (Å²) in [6.07, 6.45) is 3.73. The van der Waals surface area contributed by atoms with Crippen LogP contribution in [0.5, 0.6) is 0 Å². The molecule has 0 aliphatic heterocycles. The highest BCUT2D eigenvalue weighted by atomic mass is 32.2. The van der Waals surface area contributed by atoms with Gasteiger partial charge in [-0.2, -0.15) is 0 Å². The lowest BCUT2D eigenvalue weighted by Gasteiger charge is -2.12. The maximum atomic E-state index is 12.3. The van der Waals surface area contributed by atoms with Crippen molar-refractivity contribution < 1.29 is 8.42 Å². The van der Waals surface area contributed by atoms with Gasteiger partial charge in [0.15, 0.2) is 5.16 Å². The second kappa shape index (κ2) is 7.88. The lowest BCUT2D eigenvalue weighted by atomic mass is 10.1. The first-order valence-electron chi connectivity index (χ1n) is 8.54. The minimum absolute atomic E-state index is 0.308. The fourth-order valence-electron chi connectivity index (χ4n) is 2.62. The summed E-state index contributed by atoms with van der Waals surface area (Å²) in [6.45, 7) is 4.19. The number of rotatable bonds is 6. The first kappa shape index (κ1) is 19.7. The van der Waals surface area contributed by atoms with E-state index < -0.39 is 10.0 Å². The van der Waals surface area contributed by atoms with Crippen LogP contribution in [0.15, 0.2) is 64.9 Å². The largest absolute Gasteiger partial charge is 0.295 e. The quantitative estimate of drug-likeness (QED) is 0.585. The van der Waals surface area contributed by atoms with Gasteiger partial charge in [-0.25, -0.2) is 17.7 Å². The lowest BCUT2D eigenvalue weighted by molar-refractivity contribution is 0.520. The molecule has 0 amide bonds. The maximum absolute atomic E-state index is 12.3. The predicted molar refractivity (Wildman–Crippen MR) is 110 cm³/mol. The Balaban J connectivity index is 1.81. The molecule has 0 radical (unpaired) electrons. The third-order valence-electron chi connectivity index (χ3n) is 4.42. The van der Waals surface area contributed by atoms with Gasteiger partial charge in [-0.15, -0.1) is 0 Å². The summed E-state index contributed by atoms with van der Waals surface area (Å²) in [5.41, 5.74) is 4.50. The van der Waals surface area contributed by atoms with Gasteiger partial charge in [-0.1, -0.05) is 30.0 Å². The van der Waals surface area contributed by atoms with Crippen LogP contribution in [-0.4, -0.2) is 36.4 Å². The van der Waals surface area contributed by atoms with Gasteiger partial charge in [0.2, 0.25) is 10.0 Å². The second-order valence-corrected chi connectivity index (χ2v) is 9.67. The van der Waals surface area contributed by atoms with E-state index in [-0.39, 0.29) is 0 Å². The molecule has 3 aromatic rings. The van der Waals surface area contributed by atoms with E-state index in [9.17, 15) is 8.42 Å². The van der Waals surface area contributed by atoms with Crippen LogP contribution >= 0.6 is 11.8 Å². The summed E-state index contributed by atoms with van der Waals surface area (Å²) < 4.78 is 27.9. The first-order valence-corrected chi connectivity index (χ1v) is 11.0. The molecule has 0 bridgehead atoms.